The number of benzene rings is 1. The molecule has 0 saturated carbocycles. The van der Waals surface area contributed by atoms with E-state index in [1.54, 1.807) is 12.1 Å². The Bertz CT molecular complexity index is 759. The van der Waals surface area contributed by atoms with Gasteiger partial charge in [-0.2, -0.15) is 0 Å². The molecule has 3 rings (SSSR count). The van der Waals surface area contributed by atoms with E-state index in [1.807, 2.05) is 25.1 Å². The first kappa shape index (κ1) is 10.8. The molecule has 18 heavy (non-hydrogen) atoms. The Balaban J connectivity index is 2.30. The van der Waals surface area contributed by atoms with Gasteiger partial charge in [-0.1, -0.05) is 0 Å². The Morgan fingerprint density at radius 3 is 2.83 bits per heavy atom. The molecule has 1 aromatic carbocycles. The molecule has 0 saturated heterocycles. The Labute approximate surface area is 104 Å². The van der Waals surface area contributed by atoms with Crippen LogP contribution in [0.4, 0.5) is 0 Å². The predicted molar refractivity (Wildman–Crippen MR) is 69.7 cm³/mol. The molecule has 0 bridgehead atoms. The fourth-order valence-corrected chi connectivity index (χ4v) is 2.11. The fraction of sp³-hybridized carbons (Fsp3) is 0.143. The lowest BCUT2D eigenvalue weighted by Crippen LogP contribution is -2.00. The van der Waals surface area contributed by atoms with E-state index in [-0.39, 0.29) is 5.97 Å². The molecule has 0 fully saturated rings. The zero-order valence-electron chi connectivity index (χ0n) is 10.2. The molecular weight excluding hydrogens is 228 g/mol. The second-order valence-corrected chi connectivity index (χ2v) is 4.23. The van der Waals surface area contributed by atoms with Crippen LogP contribution in [0.3, 0.4) is 0 Å². The van der Waals surface area contributed by atoms with Gasteiger partial charge >= 0.3 is 5.97 Å². The van der Waals surface area contributed by atoms with Crippen molar-refractivity contribution in [1.29, 1.82) is 0 Å². The molecule has 4 heteroatoms. The first-order valence-corrected chi connectivity index (χ1v) is 5.66. The Kier molecular flexibility index (Phi) is 2.30. The molecule has 0 aliphatic rings. The van der Waals surface area contributed by atoms with E-state index in [2.05, 4.69) is 9.97 Å². The van der Waals surface area contributed by atoms with Gasteiger partial charge in [0, 0.05) is 16.6 Å². The number of methoxy groups -OCH3 is 1. The number of H-pyrrole nitrogens is 1. The van der Waals surface area contributed by atoms with Gasteiger partial charge in [-0.15, -0.1) is 0 Å². The van der Waals surface area contributed by atoms with Gasteiger partial charge < -0.3 is 9.72 Å². The Morgan fingerprint density at radius 2 is 2.06 bits per heavy atom. The Hall–Kier alpha value is -2.36. The van der Waals surface area contributed by atoms with Gasteiger partial charge in [0.25, 0.3) is 0 Å². The molecule has 0 unspecified atom stereocenters. The summed E-state index contributed by atoms with van der Waals surface area (Å²) in [5, 5.41) is 1.02. The van der Waals surface area contributed by atoms with Gasteiger partial charge in [0.15, 0.2) is 0 Å². The molecule has 0 aliphatic carbocycles. The number of fused-ring (bicyclic) bond motifs is 3. The lowest BCUT2D eigenvalue weighted by molar-refractivity contribution is 0.0601. The maximum atomic E-state index is 11.5. The highest BCUT2D eigenvalue weighted by Gasteiger charge is 2.10. The molecule has 0 spiro atoms. The summed E-state index contributed by atoms with van der Waals surface area (Å²) in [7, 11) is 1.38. The van der Waals surface area contributed by atoms with Crippen LogP contribution in [0, 0.1) is 6.92 Å². The van der Waals surface area contributed by atoms with Gasteiger partial charge in [0.05, 0.1) is 23.7 Å². The first-order valence-electron chi connectivity index (χ1n) is 5.66. The second kappa shape index (κ2) is 3.84. The molecule has 90 valence electrons. The monoisotopic (exact) mass is 240 g/mol. The SMILES string of the molecule is COC(=O)c1ccc2c(c1)[nH]c1ccc(C)nc12. The van der Waals surface area contributed by atoms with E-state index in [1.165, 1.54) is 7.11 Å². The number of rotatable bonds is 1. The second-order valence-electron chi connectivity index (χ2n) is 4.23. The minimum absolute atomic E-state index is 0.334. The molecule has 0 aliphatic heterocycles. The van der Waals surface area contributed by atoms with Crippen molar-refractivity contribution in [3.63, 3.8) is 0 Å². The normalized spacial score (nSPS) is 11.0. The quantitative estimate of drug-likeness (QED) is 0.665. The van der Waals surface area contributed by atoms with Crippen LogP contribution in [-0.2, 0) is 4.74 Å². The van der Waals surface area contributed by atoms with Gasteiger partial charge in [-0.3, -0.25) is 4.98 Å². The summed E-state index contributed by atoms with van der Waals surface area (Å²) < 4.78 is 4.71. The van der Waals surface area contributed by atoms with Gasteiger partial charge in [0.2, 0.25) is 0 Å². The minimum Gasteiger partial charge on any atom is -0.465 e. The van der Waals surface area contributed by atoms with Crippen molar-refractivity contribution in [3.8, 4) is 0 Å². The van der Waals surface area contributed by atoms with E-state index < -0.39 is 0 Å². The van der Waals surface area contributed by atoms with Crippen molar-refractivity contribution in [3.05, 3.63) is 41.6 Å². The van der Waals surface area contributed by atoms with Crippen LogP contribution in [0.25, 0.3) is 21.9 Å². The molecule has 4 nitrogen and oxygen atoms in total. The number of aromatic amines is 1. The lowest BCUT2D eigenvalue weighted by atomic mass is 10.1. The van der Waals surface area contributed by atoms with Crippen LogP contribution in [0.2, 0.25) is 0 Å². The molecule has 0 radical (unpaired) electrons. The number of aryl methyl sites for hydroxylation is 1. The molecule has 2 heterocycles. The molecule has 0 amide bonds. The minimum atomic E-state index is -0.334. The van der Waals surface area contributed by atoms with Gasteiger partial charge in [0.1, 0.15) is 0 Å². The standard InChI is InChI=1S/C14H12N2O2/c1-8-3-6-11-13(15-8)10-5-4-9(14(17)18-2)7-12(10)16-11/h3-7,16H,1-2H3. The van der Waals surface area contributed by atoms with Crippen molar-refractivity contribution in [2.45, 2.75) is 6.92 Å². The van der Waals surface area contributed by atoms with E-state index in [4.69, 9.17) is 4.74 Å². The molecule has 3 aromatic rings. The predicted octanol–water partition coefficient (Wildman–Crippen LogP) is 2.81. The third-order valence-corrected chi connectivity index (χ3v) is 3.00. The summed E-state index contributed by atoms with van der Waals surface area (Å²) in [5.74, 6) is -0.334. The number of ether oxygens (including phenoxy) is 1. The van der Waals surface area contributed by atoms with Crippen LogP contribution in [0.15, 0.2) is 30.3 Å². The number of esters is 1. The molecular formula is C14H12N2O2. The molecule has 1 N–H and O–H groups in total. The number of carbonyl (C=O) groups is 1. The molecule has 2 aromatic heterocycles. The number of hydrogen-bond acceptors (Lipinski definition) is 3. The van der Waals surface area contributed by atoms with Gasteiger partial charge in [-0.05, 0) is 37.3 Å². The average molecular weight is 240 g/mol. The summed E-state index contributed by atoms with van der Waals surface area (Å²) in [4.78, 5) is 19.2. The third-order valence-electron chi connectivity index (χ3n) is 3.00. The maximum Gasteiger partial charge on any atom is 0.337 e. The van der Waals surface area contributed by atoms with Crippen molar-refractivity contribution < 1.29 is 9.53 Å². The highest BCUT2D eigenvalue weighted by molar-refractivity contribution is 6.07. The maximum absolute atomic E-state index is 11.5. The number of nitrogens with zero attached hydrogens (tertiary/aromatic N) is 1. The highest BCUT2D eigenvalue weighted by atomic mass is 16.5. The topological polar surface area (TPSA) is 55.0 Å². The number of carbonyl (C=O) groups excluding carboxylic acids is 1. The van der Waals surface area contributed by atoms with Crippen LogP contribution in [0.1, 0.15) is 16.1 Å². The van der Waals surface area contributed by atoms with Crippen molar-refractivity contribution >= 4 is 27.9 Å². The van der Waals surface area contributed by atoms with E-state index in [0.29, 0.717) is 5.56 Å². The average Bonchev–Trinajstić information content (AvgIpc) is 2.74. The van der Waals surface area contributed by atoms with E-state index in [9.17, 15) is 4.79 Å². The summed E-state index contributed by atoms with van der Waals surface area (Å²) in [6.07, 6.45) is 0. The fourth-order valence-electron chi connectivity index (χ4n) is 2.11. The summed E-state index contributed by atoms with van der Waals surface area (Å²) in [6, 6.07) is 9.39. The van der Waals surface area contributed by atoms with Crippen molar-refractivity contribution in [1.82, 2.24) is 9.97 Å². The lowest BCUT2D eigenvalue weighted by Gasteiger charge is -1.98. The van der Waals surface area contributed by atoms with Gasteiger partial charge in [-0.25, -0.2) is 4.79 Å². The van der Waals surface area contributed by atoms with Crippen molar-refractivity contribution in [2.75, 3.05) is 7.11 Å². The zero-order valence-corrected chi connectivity index (χ0v) is 10.2. The van der Waals surface area contributed by atoms with E-state index in [0.717, 1.165) is 27.6 Å². The number of nitrogens with one attached hydrogen (secondary N) is 1. The smallest absolute Gasteiger partial charge is 0.337 e. The summed E-state index contributed by atoms with van der Waals surface area (Å²) >= 11 is 0. The highest BCUT2D eigenvalue weighted by Crippen LogP contribution is 2.24. The third kappa shape index (κ3) is 1.54. The van der Waals surface area contributed by atoms with E-state index >= 15 is 0 Å². The number of aromatic nitrogens is 2. The van der Waals surface area contributed by atoms with Crippen LogP contribution in [-0.4, -0.2) is 23.0 Å². The largest absolute Gasteiger partial charge is 0.465 e. The Morgan fingerprint density at radius 1 is 1.22 bits per heavy atom. The van der Waals surface area contributed by atoms with Crippen LogP contribution in [0.5, 0.6) is 0 Å². The first-order chi connectivity index (χ1) is 8.69. The van der Waals surface area contributed by atoms with Crippen LogP contribution < -0.4 is 0 Å². The number of pyridine rings is 1. The summed E-state index contributed by atoms with van der Waals surface area (Å²) in [5.41, 5.74) is 4.30. The number of hydrogen-bond donors (Lipinski definition) is 1. The van der Waals surface area contributed by atoms with Crippen LogP contribution >= 0.6 is 0 Å². The summed E-state index contributed by atoms with van der Waals surface area (Å²) in [6.45, 7) is 1.96. The zero-order chi connectivity index (χ0) is 12.7. The van der Waals surface area contributed by atoms with Crippen molar-refractivity contribution in [2.24, 2.45) is 0 Å². The molecule has 0 atom stereocenters.